The van der Waals surface area contributed by atoms with Crippen LogP contribution in [0, 0.1) is 24.2 Å². The van der Waals surface area contributed by atoms with Crippen LogP contribution in [0.5, 0.6) is 0 Å². The second kappa shape index (κ2) is 5.62. The molecule has 0 saturated carbocycles. The van der Waals surface area contributed by atoms with Crippen molar-refractivity contribution in [1.82, 2.24) is 0 Å². The molecule has 11 heavy (non-hydrogen) atoms. The normalized spacial score (nSPS) is 16.9. The summed E-state index contributed by atoms with van der Waals surface area (Å²) in [6, 6.07) is 0. The molecule has 0 amide bonds. The molecular weight excluding hydrogens is 132 g/mol. The average Bonchev–Trinajstić information content (AvgIpc) is 1.86. The molecule has 0 fully saturated rings. The van der Waals surface area contributed by atoms with Crippen LogP contribution in [0.25, 0.3) is 0 Å². The van der Waals surface area contributed by atoms with Crippen LogP contribution in [-0.4, -0.2) is 0 Å². The molecule has 67 valence electrons. The third-order valence-corrected chi connectivity index (χ3v) is 2.42. The summed E-state index contributed by atoms with van der Waals surface area (Å²) in [5.74, 6) is 2.60. The van der Waals surface area contributed by atoms with Crippen LogP contribution >= 0.6 is 0 Å². The zero-order chi connectivity index (χ0) is 8.85. The van der Waals surface area contributed by atoms with E-state index in [0.29, 0.717) is 0 Å². The van der Waals surface area contributed by atoms with E-state index >= 15 is 0 Å². The summed E-state index contributed by atoms with van der Waals surface area (Å²) in [5.41, 5.74) is 0. The SMILES string of the molecule is C[CH]CC(C)C(C)CC(C)C. The van der Waals surface area contributed by atoms with E-state index in [1.165, 1.54) is 12.8 Å². The minimum atomic E-state index is 0.851. The fraction of sp³-hybridized carbons (Fsp3) is 0.909. The van der Waals surface area contributed by atoms with Crippen LogP contribution in [0.4, 0.5) is 0 Å². The van der Waals surface area contributed by atoms with Crippen molar-refractivity contribution in [3.63, 3.8) is 0 Å². The molecule has 0 N–H and O–H groups in total. The summed E-state index contributed by atoms with van der Waals surface area (Å²) in [5, 5.41) is 0. The van der Waals surface area contributed by atoms with Gasteiger partial charge in [-0.15, -0.1) is 0 Å². The zero-order valence-corrected chi connectivity index (χ0v) is 8.72. The maximum Gasteiger partial charge on any atom is -0.0414 e. The molecule has 0 saturated heterocycles. The molecule has 0 rings (SSSR count). The van der Waals surface area contributed by atoms with Gasteiger partial charge in [-0.1, -0.05) is 34.6 Å². The molecule has 0 aliphatic carbocycles. The van der Waals surface area contributed by atoms with E-state index in [2.05, 4.69) is 41.0 Å². The van der Waals surface area contributed by atoms with Crippen molar-refractivity contribution in [1.29, 1.82) is 0 Å². The van der Waals surface area contributed by atoms with E-state index in [1.54, 1.807) is 0 Å². The van der Waals surface area contributed by atoms with Gasteiger partial charge in [0.1, 0.15) is 0 Å². The van der Waals surface area contributed by atoms with E-state index in [4.69, 9.17) is 0 Å². The highest BCUT2D eigenvalue weighted by Gasteiger charge is 2.12. The first-order valence-corrected chi connectivity index (χ1v) is 4.85. The topological polar surface area (TPSA) is 0 Å². The first kappa shape index (κ1) is 11.0. The van der Waals surface area contributed by atoms with Gasteiger partial charge < -0.3 is 0 Å². The predicted molar refractivity (Wildman–Crippen MR) is 52.4 cm³/mol. The van der Waals surface area contributed by atoms with Crippen molar-refractivity contribution in [3.8, 4) is 0 Å². The number of hydrogen-bond donors (Lipinski definition) is 0. The second-order valence-electron chi connectivity index (χ2n) is 4.23. The van der Waals surface area contributed by atoms with Crippen molar-refractivity contribution in [3.05, 3.63) is 6.42 Å². The Balaban J connectivity index is 3.54. The molecule has 0 heterocycles. The fourth-order valence-electron chi connectivity index (χ4n) is 1.58. The van der Waals surface area contributed by atoms with E-state index in [0.717, 1.165) is 17.8 Å². The molecule has 2 unspecified atom stereocenters. The molecule has 0 aromatic rings. The lowest BCUT2D eigenvalue weighted by atomic mass is 9.86. The predicted octanol–water partition coefficient (Wildman–Crippen LogP) is 3.92. The van der Waals surface area contributed by atoms with E-state index < -0.39 is 0 Å². The van der Waals surface area contributed by atoms with Gasteiger partial charge in [-0.2, -0.15) is 0 Å². The molecule has 0 heteroatoms. The highest BCUT2D eigenvalue weighted by Crippen LogP contribution is 2.22. The van der Waals surface area contributed by atoms with Gasteiger partial charge in [0.15, 0.2) is 0 Å². The molecule has 1 radical (unpaired) electrons. The Morgan fingerprint density at radius 2 is 1.55 bits per heavy atom. The minimum absolute atomic E-state index is 0.851. The van der Waals surface area contributed by atoms with Crippen molar-refractivity contribution in [2.75, 3.05) is 0 Å². The first-order valence-electron chi connectivity index (χ1n) is 4.85. The highest BCUT2D eigenvalue weighted by atomic mass is 14.2. The Morgan fingerprint density at radius 1 is 1.00 bits per heavy atom. The molecule has 0 aliphatic rings. The molecule has 0 aliphatic heterocycles. The Morgan fingerprint density at radius 3 is 1.91 bits per heavy atom. The molecule has 0 aromatic carbocycles. The van der Waals surface area contributed by atoms with Gasteiger partial charge in [0.25, 0.3) is 0 Å². The van der Waals surface area contributed by atoms with Crippen molar-refractivity contribution in [2.24, 2.45) is 17.8 Å². The number of rotatable bonds is 5. The van der Waals surface area contributed by atoms with E-state index in [-0.39, 0.29) is 0 Å². The van der Waals surface area contributed by atoms with Gasteiger partial charge in [-0.3, -0.25) is 0 Å². The highest BCUT2D eigenvalue weighted by molar-refractivity contribution is 4.69. The second-order valence-corrected chi connectivity index (χ2v) is 4.23. The van der Waals surface area contributed by atoms with Crippen molar-refractivity contribution in [2.45, 2.75) is 47.5 Å². The lowest BCUT2D eigenvalue weighted by Gasteiger charge is -2.20. The van der Waals surface area contributed by atoms with Crippen molar-refractivity contribution < 1.29 is 0 Å². The summed E-state index contributed by atoms with van der Waals surface area (Å²) in [7, 11) is 0. The fourth-order valence-corrected chi connectivity index (χ4v) is 1.58. The van der Waals surface area contributed by atoms with E-state index in [1.807, 2.05) is 0 Å². The Hall–Kier alpha value is 0. The smallest absolute Gasteiger partial charge is 0.0414 e. The average molecular weight is 155 g/mol. The van der Waals surface area contributed by atoms with Gasteiger partial charge >= 0.3 is 0 Å². The lowest BCUT2D eigenvalue weighted by Crippen LogP contribution is -2.10. The third kappa shape index (κ3) is 5.29. The summed E-state index contributed by atoms with van der Waals surface area (Å²) >= 11 is 0. The van der Waals surface area contributed by atoms with Gasteiger partial charge in [-0.25, -0.2) is 0 Å². The number of hydrogen-bond acceptors (Lipinski definition) is 0. The van der Waals surface area contributed by atoms with Crippen LogP contribution in [0.15, 0.2) is 0 Å². The first-order chi connectivity index (χ1) is 5.07. The largest absolute Gasteiger partial charge is 0.0628 e. The summed E-state index contributed by atoms with van der Waals surface area (Å²) in [6.45, 7) is 11.5. The summed E-state index contributed by atoms with van der Waals surface area (Å²) in [4.78, 5) is 0. The molecule has 0 aromatic heterocycles. The molecule has 0 bridgehead atoms. The van der Waals surface area contributed by atoms with Crippen molar-refractivity contribution >= 4 is 0 Å². The monoisotopic (exact) mass is 155 g/mol. The minimum Gasteiger partial charge on any atom is -0.0628 e. The van der Waals surface area contributed by atoms with E-state index in [9.17, 15) is 0 Å². The van der Waals surface area contributed by atoms with Gasteiger partial charge in [0, 0.05) is 0 Å². The Kier molecular flexibility index (Phi) is 5.62. The molecule has 0 spiro atoms. The molecule has 2 atom stereocenters. The van der Waals surface area contributed by atoms with Gasteiger partial charge in [0.05, 0.1) is 0 Å². The standard InChI is InChI=1S/C11H23/c1-6-7-10(4)11(5)8-9(2)3/h6,9-11H,7-8H2,1-5H3. The zero-order valence-electron chi connectivity index (χ0n) is 8.72. The quantitative estimate of drug-likeness (QED) is 0.564. The van der Waals surface area contributed by atoms with Crippen LogP contribution in [0.3, 0.4) is 0 Å². The molecular formula is C11H23. The van der Waals surface area contributed by atoms with Gasteiger partial charge in [0.2, 0.25) is 0 Å². The Bertz CT molecular complexity index is 84.0. The third-order valence-electron chi connectivity index (χ3n) is 2.42. The summed E-state index contributed by atoms with van der Waals surface area (Å²) < 4.78 is 0. The lowest BCUT2D eigenvalue weighted by molar-refractivity contribution is 0.320. The van der Waals surface area contributed by atoms with Gasteiger partial charge in [-0.05, 0) is 37.0 Å². The van der Waals surface area contributed by atoms with Crippen LogP contribution in [0.1, 0.15) is 47.5 Å². The van der Waals surface area contributed by atoms with Crippen LogP contribution in [-0.2, 0) is 0 Å². The van der Waals surface area contributed by atoms with Crippen LogP contribution < -0.4 is 0 Å². The summed E-state index contributed by atoms with van der Waals surface area (Å²) in [6.07, 6.45) is 4.92. The van der Waals surface area contributed by atoms with Crippen LogP contribution in [0.2, 0.25) is 0 Å². The maximum atomic E-state index is 2.37. The Labute approximate surface area is 72.4 Å². The maximum absolute atomic E-state index is 2.37. The molecule has 0 nitrogen and oxygen atoms in total.